The van der Waals surface area contributed by atoms with Crippen LogP contribution in [0.3, 0.4) is 0 Å². The monoisotopic (exact) mass is 272 g/mol. The molecule has 1 unspecified atom stereocenters. The van der Waals surface area contributed by atoms with Gasteiger partial charge in [-0.3, -0.25) is 14.8 Å². The van der Waals surface area contributed by atoms with Gasteiger partial charge in [-0.25, -0.2) is 0 Å². The van der Waals surface area contributed by atoms with Crippen molar-refractivity contribution < 1.29 is 4.79 Å². The number of nitrogens with one attached hydrogen (secondary N) is 1. The molecule has 1 aromatic heterocycles. The van der Waals surface area contributed by atoms with Crippen LogP contribution in [0.2, 0.25) is 0 Å². The summed E-state index contributed by atoms with van der Waals surface area (Å²) in [5.41, 5.74) is 5.60. The van der Waals surface area contributed by atoms with Gasteiger partial charge in [0.1, 0.15) is 5.54 Å². The van der Waals surface area contributed by atoms with Gasteiger partial charge in [0.15, 0.2) is 0 Å². The van der Waals surface area contributed by atoms with Crippen molar-refractivity contribution in [1.29, 1.82) is 0 Å². The second-order valence-corrected chi connectivity index (χ2v) is 5.14. The van der Waals surface area contributed by atoms with E-state index >= 15 is 0 Å². The molecule has 1 aromatic carbocycles. The Bertz CT molecular complexity index is 551. The van der Waals surface area contributed by atoms with E-state index in [9.17, 15) is 4.79 Å². The Morgan fingerprint density at radius 3 is 2.55 bits per heavy atom. The molecule has 1 heterocycles. The van der Waals surface area contributed by atoms with Gasteiger partial charge in [-0.05, 0) is 25.5 Å². The van der Waals surface area contributed by atoms with E-state index in [1.807, 2.05) is 56.4 Å². The van der Waals surface area contributed by atoms with Gasteiger partial charge >= 0.3 is 0 Å². The number of carbonyl (C=O) groups is 1. The lowest BCUT2D eigenvalue weighted by Gasteiger charge is -2.34. The molecule has 0 saturated carbocycles. The number of nitrogens with zero attached hydrogens (tertiary/aromatic N) is 2. The van der Waals surface area contributed by atoms with Crippen LogP contribution in [0.5, 0.6) is 0 Å². The maximum absolute atomic E-state index is 12.2. The second kappa shape index (κ2) is 5.88. The van der Waals surface area contributed by atoms with Gasteiger partial charge in [0.25, 0.3) is 0 Å². The lowest BCUT2D eigenvalue weighted by molar-refractivity contribution is -0.126. The molecule has 0 spiro atoms. The summed E-state index contributed by atoms with van der Waals surface area (Å²) in [4.78, 5) is 12.2. The van der Waals surface area contributed by atoms with E-state index in [0.29, 0.717) is 6.54 Å². The molecule has 0 aliphatic heterocycles. The number of amides is 1. The number of hydrogen-bond acceptors (Lipinski definition) is 3. The van der Waals surface area contributed by atoms with E-state index in [4.69, 9.17) is 5.73 Å². The minimum Gasteiger partial charge on any atom is -0.368 e. The van der Waals surface area contributed by atoms with E-state index in [-0.39, 0.29) is 6.04 Å². The van der Waals surface area contributed by atoms with Crippen LogP contribution < -0.4 is 11.1 Å². The van der Waals surface area contributed by atoms with Crippen LogP contribution in [0.15, 0.2) is 48.8 Å². The molecule has 0 aliphatic carbocycles. The number of rotatable bonds is 6. The Morgan fingerprint density at radius 2 is 2.05 bits per heavy atom. The molecule has 0 radical (unpaired) electrons. The Kier molecular flexibility index (Phi) is 4.20. The van der Waals surface area contributed by atoms with Gasteiger partial charge in [-0.2, -0.15) is 5.10 Å². The van der Waals surface area contributed by atoms with Gasteiger partial charge in [-0.1, -0.05) is 30.3 Å². The highest BCUT2D eigenvalue weighted by atomic mass is 16.1. The molecule has 1 atom stereocenters. The lowest BCUT2D eigenvalue weighted by atomic mass is 9.88. The van der Waals surface area contributed by atoms with Gasteiger partial charge in [0, 0.05) is 18.4 Å². The third kappa shape index (κ3) is 2.88. The molecule has 5 nitrogen and oxygen atoms in total. The molecule has 3 N–H and O–H groups in total. The fourth-order valence-electron chi connectivity index (χ4n) is 2.36. The second-order valence-electron chi connectivity index (χ2n) is 5.14. The molecule has 1 amide bonds. The highest BCUT2D eigenvalue weighted by molar-refractivity contribution is 5.86. The summed E-state index contributed by atoms with van der Waals surface area (Å²) < 4.78 is 1.72. The first kappa shape index (κ1) is 14.3. The SMILES string of the molecule is CC(C)NC(Cn1cccn1)(C(N)=O)c1ccccc1. The molecular formula is C15H20N4O. The number of hydrogen-bond donors (Lipinski definition) is 2. The normalized spacial score (nSPS) is 14.2. The smallest absolute Gasteiger partial charge is 0.244 e. The van der Waals surface area contributed by atoms with Crippen LogP contribution in [-0.2, 0) is 16.9 Å². The maximum Gasteiger partial charge on any atom is 0.244 e. The minimum absolute atomic E-state index is 0.110. The van der Waals surface area contributed by atoms with Crippen molar-refractivity contribution in [1.82, 2.24) is 15.1 Å². The van der Waals surface area contributed by atoms with Gasteiger partial charge < -0.3 is 5.73 Å². The number of carbonyl (C=O) groups excluding carboxylic acids is 1. The summed E-state index contributed by atoms with van der Waals surface area (Å²) in [7, 11) is 0. The topological polar surface area (TPSA) is 72.9 Å². The largest absolute Gasteiger partial charge is 0.368 e. The van der Waals surface area contributed by atoms with E-state index in [2.05, 4.69) is 10.4 Å². The van der Waals surface area contributed by atoms with Crippen molar-refractivity contribution in [3.63, 3.8) is 0 Å². The Hall–Kier alpha value is -2.14. The molecule has 0 bridgehead atoms. The molecule has 0 aliphatic rings. The minimum atomic E-state index is -0.971. The van der Waals surface area contributed by atoms with Crippen LogP contribution >= 0.6 is 0 Å². The van der Waals surface area contributed by atoms with Crippen molar-refractivity contribution in [3.05, 3.63) is 54.4 Å². The first-order valence-electron chi connectivity index (χ1n) is 6.65. The molecule has 0 fully saturated rings. The first-order chi connectivity index (χ1) is 9.54. The molecule has 20 heavy (non-hydrogen) atoms. The highest BCUT2D eigenvalue weighted by Crippen LogP contribution is 2.24. The van der Waals surface area contributed by atoms with Crippen LogP contribution in [0.25, 0.3) is 0 Å². The average molecular weight is 272 g/mol. The van der Waals surface area contributed by atoms with Crippen molar-refractivity contribution in [2.75, 3.05) is 0 Å². The fourth-order valence-corrected chi connectivity index (χ4v) is 2.36. The van der Waals surface area contributed by atoms with E-state index < -0.39 is 11.4 Å². The van der Waals surface area contributed by atoms with Crippen molar-refractivity contribution in [2.24, 2.45) is 5.73 Å². The van der Waals surface area contributed by atoms with E-state index in [1.54, 1.807) is 10.9 Å². The summed E-state index contributed by atoms with van der Waals surface area (Å²) in [6.07, 6.45) is 3.51. The third-order valence-corrected chi connectivity index (χ3v) is 3.18. The van der Waals surface area contributed by atoms with Crippen molar-refractivity contribution in [2.45, 2.75) is 32.0 Å². The Balaban J connectivity index is 2.47. The van der Waals surface area contributed by atoms with Gasteiger partial charge in [0.2, 0.25) is 5.91 Å². The zero-order valence-corrected chi connectivity index (χ0v) is 11.8. The summed E-state index contributed by atoms with van der Waals surface area (Å²) in [6, 6.07) is 11.5. The average Bonchev–Trinajstić information content (AvgIpc) is 2.91. The van der Waals surface area contributed by atoms with E-state index in [0.717, 1.165) is 5.56 Å². The first-order valence-corrected chi connectivity index (χ1v) is 6.65. The molecule has 0 saturated heterocycles. The Labute approximate surface area is 118 Å². The zero-order valence-electron chi connectivity index (χ0n) is 11.8. The number of aromatic nitrogens is 2. The summed E-state index contributed by atoms with van der Waals surface area (Å²) in [5.74, 6) is -0.409. The predicted octanol–water partition coefficient (Wildman–Crippen LogP) is 1.26. The van der Waals surface area contributed by atoms with E-state index in [1.165, 1.54) is 0 Å². The summed E-state index contributed by atoms with van der Waals surface area (Å²) in [5, 5.41) is 7.50. The third-order valence-electron chi connectivity index (χ3n) is 3.18. The predicted molar refractivity (Wildman–Crippen MR) is 77.8 cm³/mol. The summed E-state index contributed by atoms with van der Waals surface area (Å²) >= 11 is 0. The molecular weight excluding hydrogens is 252 g/mol. The maximum atomic E-state index is 12.2. The molecule has 2 aromatic rings. The van der Waals surface area contributed by atoms with Crippen LogP contribution in [-0.4, -0.2) is 21.7 Å². The number of benzene rings is 1. The highest BCUT2D eigenvalue weighted by Gasteiger charge is 2.39. The molecule has 5 heteroatoms. The number of nitrogens with two attached hydrogens (primary N) is 1. The summed E-state index contributed by atoms with van der Waals surface area (Å²) in [6.45, 7) is 4.34. The van der Waals surface area contributed by atoms with Gasteiger partial charge in [0.05, 0.1) is 6.54 Å². The van der Waals surface area contributed by atoms with Crippen LogP contribution in [0, 0.1) is 0 Å². The zero-order chi connectivity index (χ0) is 14.6. The Morgan fingerprint density at radius 1 is 1.35 bits per heavy atom. The lowest BCUT2D eigenvalue weighted by Crippen LogP contribution is -2.57. The molecule has 106 valence electrons. The van der Waals surface area contributed by atoms with Crippen molar-refractivity contribution >= 4 is 5.91 Å². The quantitative estimate of drug-likeness (QED) is 0.831. The van der Waals surface area contributed by atoms with Crippen LogP contribution in [0.1, 0.15) is 19.4 Å². The van der Waals surface area contributed by atoms with Crippen LogP contribution in [0.4, 0.5) is 0 Å². The van der Waals surface area contributed by atoms with Crippen molar-refractivity contribution in [3.8, 4) is 0 Å². The van der Waals surface area contributed by atoms with Gasteiger partial charge in [-0.15, -0.1) is 0 Å². The standard InChI is InChI=1S/C15H20N4O/c1-12(2)18-15(14(16)20,11-19-10-6-9-17-19)13-7-4-3-5-8-13/h3-10,12,18H,11H2,1-2H3,(H2,16,20). The fraction of sp³-hybridized carbons (Fsp3) is 0.333. The molecule has 2 rings (SSSR count). The number of primary amides is 1.